The third-order valence-electron chi connectivity index (χ3n) is 3.11. The van der Waals surface area contributed by atoms with Gasteiger partial charge in [0.25, 0.3) is 0 Å². The van der Waals surface area contributed by atoms with Crippen molar-refractivity contribution in [3.8, 4) is 0 Å². The Morgan fingerprint density at radius 3 is 2.81 bits per heavy atom. The zero-order valence-corrected chi connectivity index (χ0v) is 10.8. The number of hydrogen-bond donors (Lipinski definition) is 1. The van der Waals surface area contributed by atoms with Gasteiger partial charge in [-0.1, -0.05) is 25.1 Å². The molecule has 0 aromatic carbocycles. The molecule has 0 aliphatic carbocycles. The van der Waals surface area contributed by atoms with Crippen molar-refractivity contribution in [1.29, 1.82) is 0 Å². The molecule has 2 atom stereocenters. The minimum atomic E-state index is 0.184. The topological polar surface area (TPSA) is 56.7 Å². The normalized spacial score (nSPS) is 19.9. The van der Waals surface area contributed by atoms with Crippen molar-refractivity contribution in [2.75, 3.05) is 0 Å². The Kier molecular flexibility index (Phi) is 3.86. The molecule has 1 aromatic rings. The molecule has 2 heterocycles. The zero-order chi connectivity index (χ0) is 11.5. The molecule has 0 bridgehead atoms. The van der Waals surface area contributed by atoms with Crippen LogP contribution < -0.4 is 5.73 Å². The number of rotatable bonds is 3. The maximum atomic E-state index is 5.88. The van der Waals surface area contributed by atoms with Crippen molar-refractivity contribution in [1.82, 2.24) is 14.8 Å². The number of fused-ring (bicyclic) bond motifs is 1. The molecule has 0 radical (unpaired) electrons. The first-order valence-corrected chi connectivity index (χ1v) is 6.91. The van der Waals surface area contributed by atoms with E-state index >= 15 is 0 Å². The Bertz CT molecular complexity index is 348. The molecule has 5 heteroatoms. The molecule has 2 unspecified atom stereocenters. The van der Waals surface area contributed by atoms with E-state index in [0.717, 1.165) is 23.9 Å². The van der Waals surface area contributed by atoms with Gasteiger partial charge in [0.1, 0.15) is 5.82 Å². The smallest absolute Gasteiger partial charge is 0.191 e. The number of aryl methyl sites for hydroxylation is 1. The first kappa shape index (κ1) is 11.9. The monoisotopic (exact) mass is 240 g/mol. The summed E-state index contributed by atoms with van der Waals surface area (Å²) in [5.74, 6) is 1.15. The van der Waals surface area contributed by atoms with Gasteiger partial charge in [0.05, 0.1) is 0 Å². The van der Waals surface area contributed by atoms with Crippen molar-refractivity contribution < 1.29 is 0 Å². The highest BCUT2D eigenvalue weighted by atomic mass is 32.2. The third-order valence-corrected chi connectivity index (χ3v) is 4.42. The highest BCUT2D eigenvalue weighted by Crippen LogP contribution is 2.26. The van der Waals surface area contributed by atoms with Gasteiger partial charge in [-0.3, -0.25) is 0 Å². The Balaban J connectivity index is 2.13. The van der Waals surface area contributed by atoms with Crippen LogP contribution in [0.3, 0.4) is 0 Å². The van der Waals surface area contributed by atoms with Gasteiger partial charge < -0.3 is 10.3 Å². The van der Waals surface area contributed by atoms with Gasteiger partial charge in [0.15, 0.2) is 5.16 Å². The van der Waals surface area contributed by atoms with E-state index in [-0.39, 0.29) is 6.04 Å². The summed E-state index contributed by atoms with van der Waals surface area (Å²) in [7, 11) is 0. The van der Waals surface area contributed by atoms with E-state index in [9.17, 15) is 0 Å². The number of nitrogens with zero attached hydrogens (tertiary/aromatic N) is 3. The fourth-order valence-corrected chi connectivity index (χ4v) is 2.78. The van der Waals surface area contributed by atoms with Crippen LogP contribution in [0, 0.1) is 0 Å². The number of thioether (sulfide) groups is 1. The molecule has 0 amide bonds. The quantitative estimate of drug-likeness (QED) is 0.819. The molecule has 0 saturated heterocycles. The molecule has 2 rings (SSSR count). The van der Waals surface area contributed by atoms with Gasteiger partial charge in [-0.05, 0) is 19.8 Å². The van der Waals surface area contributed by atoms with Crippen LogP contribution in [0.5, 0.6) is 0 Å². The molecule has 2 N–H and O–H groups in total. The summed E-state index contributed by atoms with van der Waals surface area (Å²) in [6, 6.07) is 0.184. The van der Waals surface area contributed by atoms with Crippen LogP contribution in [0.4, 0.5) is 0 Å². The summed E-state index contributed by atoms with van der Waals surface area (Å²) in [5, 5.41) is 9.99. The summed E-state index contributed by atoms with van der Waals surface area (Å²) in [6.45, 7) is 5.25. The summed E-state index contributed by atoms with van der Waals surface area (Å²) in [6.07, 6.45) is 4.85. The molecule has 90 valence electrons. The van der Waals surface area contributed by atoms with Crippen molar-refractivity contribution in [3.63, 3.8) is 0 Å². The number of hydrogen-bond acceptors (Lipinski definition) is 4. The van der Waals surface area contributed by atoms with Crippen LogP contribution in [-0.4, -0.2) is 26.1 Å². The fourth-order valence-electron chi connectivity index (χ4n) is 1.82. The van der Waals surface area contributed by atoms with Crippen LogP contribution in [0.2, 0.25) is 0 Å². The van der Waals surface area contributed by atoms with Crippen LogP contribution in [0.1, 0.15) is 38.9 Å². The van der Waals surface area contributed by atoms with E-state index in [0.29, 0.717) is 5.25 Å². The summed E-state index contributed by atoms with van der Waals surface area (Å²) >= 11 is 1.75. The zero-order valence-electron chi connectivity index (χ0n) is 10.0. The average molecular weight is 240 g/mol. The largest absolute Gasteiger partial charge is 0.327 e. The fraction of sp³-hybridized carbons (Fsp3) is 0.818. The predicted molar refractivity (Wildman–Crippen MR) is 66.5 cm³/mol. The Labute approximate surface area is 101 Å². The first-order valence-electron chi connectivity index (χ1n) is 6.03. The molecule has 4 nitrogen and oxygen atoms in total. The average Bonchev–Trinajstić information content (AvgIpc) is 2.50. The standard InChI is InChI=1S/C11H20N4S/c1-8(12)9(2)16-11-14-13-10-6-4-3-5-7-15(10)11/h8-9H,3-7,12H2,1-2H3. The lowest BCUT2D eigenvalue weighted by molar-refractivity contribution is 0.588. The first-order chi connectivity index (χ1) is 7.68. The lowest BCUT2D eigenvalue weighted by atomic mass is 10.2. The van der Waals surface area contributed by atoms with E-state index in [4.69, 9.17) is 5.73 Å². The van der Waals surface area contributed by atoms with Crippen molar-refractivity contribution >= 4 is 11.8 Å². The van der Waals surface area contributed by atoms with Gasteiger partial charge in [-0.2, -0.15) is 0 Å². The van der Waals surface area contributed by atoms with Crippen molar-refractivity contribution in [3.05, 3.63) is 5.82 Å². The van der Waals surface area contributed by atoms with Crippen LogP contribution in [0.15, 0.2) is 5.16 Å². The summed E-state index contributed by atoms with van der Waals surface area (Å²) in [4.78, 5) is 0. The van der Waals surface area contributed by atoms with Gasteiger partial charge in [0.2, 0.25) is 0 Å². The van der Waals surface area contributed by atoms with E-state index in [2.05, 4.69) is 21.7 Å². The second-order valence-electron chi connectivity index (χ2n) is 4.54. The van der Waals surface area contributed by atoms with E-state index in [1.165, 1.54) is 19.3 Å². The Morgan fingerprint density at radius 2 is 2.06 bits per heavy atom. The van der Waals surface area contributed by atoms with Crippen molar-refractivity contribution in [2.24, 2.45) is 5.73 Å². The van der Waals surface area contributed by atoms with Gasteiger partial charge in [-0.25, -0.2) is 0 Å². The summed E-state index contributed by atoms with van der Waals surface area (Å²) in [5.41, 5.74) is 5.88. The molecule has 0 fully saturated rings. The van der Waals surface area contributed by atoms with Gasteiger partial charge in [0, 0.05) is 24.3 Å². The minimum Gasteiger partial charge on any atom is -0.327 e. The van der Waals surface area contributed by atoms with Gasteiger partial charge in [-0.15, -0.1) is 10.2 Å². The molecule has 0 spiro atoms. The molecule has 16 heavy (non-hydrogen) atoms. The Morgan fingerprint density at radius 1 is 1.25 bits per heavy atom. The molecule has 1 aliphatic heterocycles. The predicted octanol–water partition coefficient (Wildman–Crippen LogP) is 1.83. The van der Waals surface area contributed by atoms with E-state index in [1.54, 1.807) is 11.8 Å². The molecule has 0 saturated carbocycles. The molecule has 1 aromatic heterocycles. The number of nitrogens with two attached hydrogens (primary N) is 1. The third kappa shape index (κ3) is 2.58. The van der Waals surface area contributed by atoms with E-state index < -0.39 is 0 Å². The maximum absolute atomic E-state index is 5.88. The lowest BCUT2D eigenvalue weighted by Gasteiger charge is -2.14. The maximum Gasteiger partial charge on any atom is 0.191 e. The van der Waals surface area contributed by atoms with E-state index in [1.807, 2.05) is 6.92 Å². The molecule has 1 aliphatic rings. The van der Waals surface area contributed by atoms with Crippen molar-refractivity contribution in [2.45, 2.75) is 62.5 Å². The second kappa shape index (κ2) is 5.19. The molecular weight excluding hydrogens is 220 g/mol. The SMILES string of the molecule is CC(N)C(C)Sc1nnc2n1CCCCC2. The minimum absolute atomic E-state index is 0.184. The van der Waals surface area contributed by atoms with Crippen LogP contribution >= 0.6 is 11.8 Å². The van der Waals surface area contributed by atoms with Crippen LogP contribution in [0.25, 0.3) is 0 Å². The number of aromatic nitrogens is 3. The highest BCUT2D eigenvalue weighted by Gasteiger charge is 2.18. The van der Waals surface area contributed by atoms with Gasteiger partial charge >= 0.3 is 0 Å². The molecular formula is C11H20N4S. The lowest BCUT2D eigenvalue weighted by Crippen LogP contribution is -2.26. The second-order valence-corrected chi connectivity index (χ2v) is 5.89. The highest BCUT2D eigenvalue weighted by molar-refractivity contribution is 7.99. The Hall–Kier alpha value is -0.550. The van der Waals surface area contributed by atoms with Crippen LogP contribution in [-0.2, 0) is 13.0 Å². The summed E-state index contributed by atoms with van der Waals surface area (Å²) < 4.78 is 2.27.